The van der Waals surface area contributed by atoms with Crippen LogP contribution < -0.4 is 16.2 Å². The maximum absolute atomic E-state index is 13.1. The summed E-state index contributed by atoms with van der Waals surface area (Å²) in [6.07, 6.45) is -0.783. The van der Waals surface area contributed by atoms with E-state index in [0.29, 0.717) is 29.9 Å². The molecule has 0 aliphatic heterocycles. The standard InChI is InChI=1S/C30H32N4O5/c1-20(23-12-8-5-9-13-23)39-30(38)32-27-26(28(35)34(3)33(27)2)24-16-14-22(15-17-24)19-31-25(29(36)37)18-21-10-6-4-7-11-21/h4-17,20,25,31H,18-19H2,1-3H3,(H,32,38)(H,36,37). The third-order valence-corrected chi connectivity index (χ3v) is 6.67. The lowest BCUT2D eigenvalue weighted by molar-refractivity contribution is -0.139. The van der Waals surface area contributed by atoms with Gasteiger partial charge in [0.1, 0.15) is 18.0 Å². The van der Waals surface area contributed by atoms with Gasteiger partial charge in [-0.1, -0.05) is 84.9 Å². The molecule has 0 fully saturated rings. The summed E-state index contributed by atoms with van der Waals surface area (Å²) in [5, 5.41) is 15.5. The number of benzene rings is 3. The highest BCUT2D eigenvalue weighted by Crippen LogP contribution is 2.26. The van der Waals surface area contributed by atoms with Crippen LogP contribution in [-0.4, -0.2) is 32.6 Å². The van der Waals surface area contributed by atoms with Crippen molar-refractivity contribution >= 4 is 17.9 Å². The number of hydrogen-bond acceptors (Lipinski definition) is 5. The van der Waals surface area contributed by atoms with E-state index in [1.54, 1.807) is 37.8 Å². The van der Waals surface area contributed by atoms with Gasteiger partial charge in [-0.2, -0.15) is 0 Å². The zero-order valence-electron chi connectivity index (χ0n) is 22.1. The Kier molecular flexibility index (Phi) is 8.63. The van der Waals surface area contributed by atoms with Crippen molar-refractivity contribution in [2.24, 2.45) is 14.1 Å². The van der Waals surface area contributed by atoms with Crippen LogP contribution in [-0.2, 0) is 36.6 Å². The van der Waals surface area contributed by atoms with Crippen LogP contribution in [0.25, 0.3) is 11.1 Å². The fourth-order valence-corrected chi connectivity index (χ4v) is 4.32. The van der Waals surface area contributed by atoms with E-state index in [-0.39, 0.29) is 5.56 Å². The van der Waals surface area contributed by atoms with Crippen molar-refractivity contribution in [2.75, 3.05) is 5.32 Å². The molecule has 4 rings (SSSR count). The molecule has 0 radical (unpaired) electrons. The number of carboxylic acids is 1. The van der Waals surface area contributed by atoms with Crippen LogP contribution in [0.2, 0.25) is 0 Å². The van der Waals surface area contributed by atoms with E-state index in [4.69, 9.17) is 4.74 Å². The Morgan fingerprint density at radius 3 is 2.10 bits per heavy atom. The van der Waals surface area contributed by atoms with Crippen LogP contribution in [0.1, 0.15) is 29.7 Å². The first-order valence-electron chi connectivity index (χ1n) is 12.6. The second kappa shape index (κ2) is 12.3. The summed E-state index contributed by atoms with van der Waals surface area (Å²) >= 11 is 0. The Morgan fingerprint density at radius 2 is 1.49 bits per heavy atom. The van der Waals surface area contributed by atoms with Gasteiger partial charge in [-0.05, 0) is 35.6 Å². The Balaban J connectivity index is 1.47. The first kappa shape index (κ1) is 27.4. The zero-order valence-corrected chi connectivity index (χ0v) is 22.1. The van der Waals surface area contributed by atoms with Crippen molar-refractivity contribution in [3.05, 3.63) is 112 Å². The minimum absolute atomic E-state index is 0.274. The van der Waals surface area contributed by atoms with Crippen molar-refractivity contribution in [3.8, 4) is 11.1 Å². The minimum atomic E-state index is -0.924. The highest BCUT2D eigenvalue weighted by atomic mass is 16.6. The Hall–Kier alpha value is -4.63. The number of aliphatic carboxylic acids is 1. The van der Waals surface area contributed by atoms with Crippen LogP contribution in [0.15, 0.2) is 89.7 Å². The van der Waals surface area contributed by atoms with E-state index >= 15 is 0 Å². The topological polar surface area (TPSA) is 115 Å². The number of nitrogens with zero attached hydrogens (tertiary/aromatic N) is 2. The summed E-state index contributed by atoms with van der Waals surface area (Å²) in [5.41, 5.74) is 3.32. The monoisotopic (exact) mass is 528 g/mol. The van der Waals surface area contributed by atoms with E-state index in [9.17, 15) is 19.5 Å². The molecule has 1 aromatic heterocycles. The quantitative estimate of drug-likeness (QED) is 0.280. The molecule has 0 spiro atoms. The number of rotatable bonds is 10. The van der Waals surface area contributed by atoms with Gasteiger partial charge in [0.2, 0.25) is 0 Å². The van der Waals surface area contributed by atoms with Gasteiger partial charge in [-0.15, -0.1) is 0 Å². The second-order valence-corrected chi connectivity index (χ2v) is 9.32. The van der Waals surface area contributed by atoms with Gasteiger partial charge in [0.25, 0.3) is 5.56 Å². The molecule has 39 heavy (non-hydrogen) atoms. The molecule has 0 saturated carbocycles. The number of carbonyl (C=O) groups excluding carboxylic acids is 1. The number of anilines is 1. The van der Waals surface area contributed by atoms with Crippen LogP contribution >= 0.6 is 0 Å². The number of hydrogen-bond donors (Lipinski definition) is 3. The predicted molar refractivity (Wildman–Crippen MR) is 149 cm³/mol. The molecule has 3 N–H and O–H groups in total. The molecular weight excluding hydrogens is 496 g/mol. The summed E-state index contributed by atoms with van der Waals surface area (Å²) in [5.74, 6) is -0.611. The lowest BCUT2D eigenvalue weighted by atomic mass is 10.0. The number of aromatic nitrogens is 2. The van der Waals surface area contributed by atoms with E-state index in [0.717, 1.165) is 16.7 Å². The van der Waals surface area contributed by atoms with Gasteiger partial charge < -0.3 is 15.2 Å². The molecule has 1 heterocycles. The third kappa shape index (κ3) is 6.63. The van der Waals surface area contributed by atoms with Crippen LogP contribution in [0, 0.1) is 0 Å². The number of nitrogens with one attached hydrogen (secondary N) is 2. The van der Waals surface area contributed by atoms with Crippen molar-refractivity contribution in [2.45, 2.75) is 32.0 Å². The van der Waals surface area contributed by atoms with Gasteiger partial charge in [0.15, 0.2) is 0 Å². The van der Waals surface area contributed by atoms with E-state index in [1.165, 1.54) is 4.68 Å². The fraction of sp³-hybridized carbons (Fsp3) is 0.233. The number of carboxylic acid groups (broad SMARTS) is 1. The van der Waals surface area contributed by atoms with Crippen molar-refractivity contribution in [3.63, 3.8) is 0 Å². The maximum atomic E-state index is 13.1. The van der Waals surface area contributed by atoms with Gasteiger partial charge >= 0.3 is 12.1 Å². The molecule has 3 aromatic carbocycles. The maximum Gasteiger partial charge on any atom is 0.413 e. The smallest absolute Gasteiger partial charge is 0.413 e. The molecule has 9 heteroatoms. The van der Waals surface area contributed by atoms with Gasteiger partial charge in [0, 0.05) is 20.6 Å². The minimum Gasteiger partial charge on any atom is -0.480 e. The molecule has 0 saturated heterocycles. The SMILES string of the molecule is CC(OC(=O)Nc1c(-c2ccc(CNC(Cc3ccccc3)C(=O)O)cc2)c(=O)n(C)n1C)c1ccccc1. The highest BCUT2D eigenvalue weighted by Gasteiger charge is 2.22. The summed E-state index contributed by atoms with van der Waals surface area (Å²) in [6.45, 7) is 2.12. The molecule has 1 amide bonds. The van der Waals surface area contributed by atoms with E-state index in [1.807, 2.05) is 72.8 Å². The van der Waals surface area contributed by atoms with Crippen LogP contribution in [0.4, 0.5) is 10.6 Å². The lowest BCUT2D eigenvalue weighted by Crippen LogP contribution is -2.38. The van der Waals surface area contributed by atoms with Gasteiger partial charge in [-0.25, -0.2) is 4.79 Å². The summed E-state index contributed by atoms with van der Waals surface area (Å²) in [4.78, 5) is 37.5. The summed E-state index contributed by atoms with van der Waals surface area (Å²) in [6, 6.07) is 25.3. The van der Waals surface area contributed by atoms with Crippen molar-refractivity contribution < 1.29 is 19.4 Å². The number of carbonyl (C=O) groups is 2. The molecular formula is C30H32N4O5. The van der Waals surface area contributed by atoms with Gasteiger partial charge in [-0.3, -0.25) is 24.3 Å². The highest BCUT2D eigenvalue weighted by molar-refractivity contribution is 5.90. The Bertz CT molecular complexity index is 1480. The third-order valence-electron chi connectivity index (χ3n) is 6.67. The van der Waals surface area contributed by atoms with Crippen molar-refractivity contribution in [1.82, 2.24) is 14.7 Å². The summed E-state index contributed by atoms with van der Waals surface area (Å²) in [7, 11) is 3.30. The first-order valence-corrected chi connectivity index (χ1v) is 12.6. The van der Waals surface area contributed by atoms with Crippen LogP contribution in [0.3, 0.4) is 0 Å². The first-order chi connectivity index (χ1) is 18.7. The second-order valence-electron chi connectivity index (χ2n) is 9.32. The largest absolute Gasteiger partial charge is 0.480 e. The van der Waals surface area contributed by atoms with Gasteiger partial charge in [0.05, 0.1) is 5.56 Å². The predicted octanol–water partition coefficient (Wildman–Crippen LogP) is 4.49. The molecule has 0 aliphatic rings. The molecule has 0 aliphatic carbocycles. The molecule has 202 valence electrons. The molecule has 2 atom stereocenters. The zero-order chi connectivity index (χ0) is 27.9. The molecule has 4 aromatic rings. The Morgan fingerprint density at radius 1 is 0.872 bits per heavy atom. The summed E-state index contributed by atoms with van der Waals surface area (Å²) < 4.78 is 8.50. The Labute approximate surface area is 226 Å². The molecule has 0 bridgehead atoms. The lowest BCUT2D eigenvalue weighted by Gasteiger charge is -2.16. The molecule has 9 nitrogen and oxygen atoms in total. The van der Waals surface area contributed by atoms with Crippen LogP contribution in [0.5, 0.6) is 0 Å². The average Bonchev–Trinajstić information content (AvgIpc) is 3.15. The number of amides is 1. The normalized spacial score (nSPS) is 12.5. The van der Waals surface area contributed by atoms with Crippen molar-refractivity contribution in [1.29, 1.82) is 0 Å². The van der Waals surface area contributed by atoms with E-state index in [2.05, 4.69) is 10.6 Å². The number of ether oxygens (including phenoxy) is 1. The average molecular weight is 529 g/mol. The van der Waals surface area contributed by atoms with E-state index < -0.39 is 24.2 Å². The fourth-order valence-electron chi connectivity index (χ4n) is 4.32. The molecule has 2 unspecified atom stereocenters.